The Morgan fingerprint density at radius 3 is 2.33 bits per heavy atom. The van der Waals surface area contributed by atoms with Gasteiger partial charge in [-0.1, -0.05) is 17.7 Å². The van der Waals surface area contributed by atoms with E-state index < -0.39 is 34.4 Å². The lowest BCUT2D eigenvalue weighted by Gasteiger charge is -2.29. The summed E-state index contributed by atoms with van der Waals surface area (Å²) in [6.45, 7) is 0. The maximum absolute atomic E-state index is 14.9. The molecule has 1 fully saturated rings. The molecule has 1 aliphatic heterocycles. The van der Waals surface area contributed by atoms with E-state index in [0.717, 1.165) is 6.07 Å². The Morgan fingerprint density at radius 2 is 1.67 bits per heavy atom. The van der Waals surface area contributed by atoms with Crippen LogP contribution in [0, 0.1) is 17.0 Å². The fourth-order valence-corrected chi connectivity index (χ4v) is 4.07. The number of hydrogen-bond acceptors (Lipinski definition) is 5. The van der Waals surface area contributed by atoms with Gasteiger partial charge in [0, 0.05) is 30.7 Å². The third-order valence-electron chi connectivity index (χ3n) is 6.17. The van der Waals surface area contributed by atoms with Crippen molar-refractivity contribution in [2.24, 2.45) is 10.4 Å². The van der Waals surface area contributed by atoms with Crippen LogP contribution in [0.25, 0.3) is 0 Å². The lowest BCUT2D eigenvalue weighted by Crippen LogP contribution is -2.35. The van der Waals surface area contributed by atoms with E-state index in [1.54, 1.807) is 36.4 Å². The van der Waals surface area contributed by atoms with Crippen LogP contribution in [0.5, 0.6) is 11.5 Å². The maximum atomic E-state index is 14.9. The number of benzene rings is 3. The number of nitrogens with zero attached hydrogens (tertiary/aromatic N) is 2. The van der Waals surface area contributed by atoms with Crippen molar-refractivity contribution >= 4 is 52.4 Å². The molecule has 1 heterocycles. The summed E-state index contributed by atoms with van der Waals surface area (Å²) in [6.07, 6.45) is 2.30. The number of carbonyl (C=O) groups is 2. The number of rotatable bonds is 6. The molecule has 2 amide bonds. The Labute approximate surface area is 210 Å². The Kier molecular flexibility index (Phi) is 6.09. The molecule has 0 bridgehead atoms. The largest absolute Gasteiger partial charge is 0.452 e. The number of halogens is 3. The monoisotopic (exact) mass is 510 g/mol. The van der Waals surface area contributed by atoms with Gasteiger partial charge in [-0.25, -0.2) is 8.78 Å². The molecule has 1 atom stereocenters. The van der Waals surface area contributed by atoms with E-state index in [9.17, 15) is 18.4 Å². The van der Waals surface area contributed by atoms with Crippen LogP contribution < -0.4 is 20.3 Å². The lowest BCUT2D eigenvalue weighted by molar-refractivity contribution is -0.131. The minimum Gasteiger partial charge on any atom is -0.452 e. The molecule has 0 aromatic heterocycles. The molecule has 0 radical (unpaired) electrons. The molecule has 184 valence electrons. The maximum Gasteiger partial charge on any atom is 0.240 e. The second-order valence-corrected chi connectivity index (χ2v) is 9.08. The van der Waals surface area contributed by atoms with Gasteiger partial charge in [-0.3, -0.25) is 14.6 Å². The third kappa shape index (κ3) is 4.49. The zero-order valence-electron chi connectivity index (χ0n) is 19.1. The summed E-state index contributed by atoms with van der Waals surface area (Å²) in [7, 11) is 1.78. The van der Waals surface area contributed by atoms with Crippen LogP contribution in [0.3, 0.4) is 0 Å². The summed E-state index contributed by atoms with van der Waals surface area (Å²) >= 11 is 6.25. The number of carbonyl (C=O) groups excluding carboxylic acids is 2. The van der Waals surface area contributed by atoms with Crippen molar-refractivity contribution in [1.29, 1.82) is 0 Å². The van der Waals surface area contributed by atoms with Gasteiger partial charge in [0.25, 0.3) is 0 Å². The van der Waals surface area contributed by atoms with E-state index in [1.807, 2.05) is 0 Å². The van der Waals surface area contributed by atoms with Crippen LogP contribution in [0.2, 0.25) is 0 Å². The van der Waals surface area contributed by atoms with Gasteiger partial charge >= 0.3 is 0 Å². The van der Waals surface area contributed by atoms with Gasteiger partial charge in [0.2, 0.25) is 11.8 Å². The quantitative estimate of drug-likeness (QED) is 0.248. The van der Waals surface area contributed by atoms with Gasteiger partial charge in [0.15, 0.2) is 17.3 Å². The first kappa shape index (κ1) is 23.7. The minimum atomic E-state index is -1.26. The van der Waals surface area contributed by atoms with Gasteiger partial charge in [-0.2, -0.15) is 0 Å². The van der Waals surface area contributed by atoms with Crippen molar-refractivity contribution in [1.82, 2.24) is 0 Å². The summed E-state index contributed by atoms with van der Waals surface area (Å²) in [6, 6.07) is 14.5. The highest BCUT2D eigenvalue weighted by molar-refractivity contribution is 6.30. The minimum absolute atomic E-state index is 0.0503. The fraction of sp³-hybridized carbons (Fsp3) is 0.192. The predicted molar refractivity (Wildman–Crippen MR) is 134 cm³/mol. The summed E-state index contributed by atoms with van der Waals surface area (Å²) in [4.78, 5) is 31.7. The van der Waals surface area contributed by atoms with Gasteiger partial charge in [0.05, 0.1) is 5.69 Å². The number of hydrogen-bond donors (Lipinski definition) is 2. The van der Waals surface area contributed by atoms with Crippen molar-refractivity contribution in [3.05, 3.63) is 72.3 Å². The number of ether oxygens (including phenoxy) is 1. The zero-order chi connectivity index (χ0) is 25.4. The topological polar surface area (TPSA) is 83.0 Å². The van der Waals surface area contributed by atoms with Crippen LogP contribution in [0.1, 0.15) is 12.8 Å². The zero-order valence-corrected chi connectivity index (χ0v) is 19.9. The first-order valence-corrected chi connectivity index (χ1v) is 11.6. The average Bonchev–Trinajstić information content (AvgIpc) is 3.67. The van der Waals surface area contributed by atoms with Crippen molar-refractivity contribution < 1.29 is 23.1 Å². The van der Waals surface area contributed by atoms with E-state index in [2.05, 4.69) is 15.6 Å². The molecule has 0 spiro atoms. The molecule has 7 nitrogen and oxygen atoms in total. The number of aliphatic imine (C=N–C) groups is 1. The SMILES string of the molecule is CN1c2c(cccc2Oc2ccc(NC(=O)C3(C(=O)Nc4ccc(F)cc4)CC3)cc2F)N=CC1Cl. The highest BCUT2D eigenvalue weighted by Crippen LogP contribution is 2.48. The summed E-state index contributed by atoms with van der Waals surface area (Å²) < 4.78 is 33.9. The summed E-state index contributed by atoms with van der Waals surface area (Å²) in [5.41, 5.74) is 0.104. The van der Waals surface area contributed by atoms with E-state index in [-0.39, 0.29) is 11.4 Å². The van der Waals surface area contributed by atoms with Crippen molar-refractivity contribution in [3.8, 4) is 11.5 Å². The number of anilines is 3. The Balaban J connectivity index is 1.29. The van der Waals surface area contributed by atoms with Crippen LogP contribution in [0.15, 0.2) is 65.7 Å². The molecule has 5 rings (SSSR count). The average molecular weight is 511 g/mol. The second-order valence-electron chi connectivity index (χ2n) is 8.63. The van der Waals surface area contributed by atoms with Crippen molar-refractivity contribution in [2.75, 3.05) is 22.6 Å². The van der Waals surface area contributed by atoms with E-state index in [1.165, 1.54) is 36.4 Å². The van der Waals surface area contributed by atoms with Crippen LogP contribution in [0.4, 0.5) is 31.5 Å². The predicted octanol–water partition coefficient (Wildman–Crippen LogP) is 5.83. The lowest BCUT2D eigenvalue weighted by atomic mass is 10.0. The van der Waals surface area contributed by atoms with Crippen LogP contribution in [-0.2, 0) is 9.59 Å². The molecule has 36 heavy (non-hydrogen) atoms. The number of alkyl halides is 1. The number of nitrogens with one attached hydrogen (secondary N) is 2. The number of para-hydroxylation sites is 1. The fourth-order valence-electron chi connectivity index (χ4n) is 3.91. The van der Waals surface area contributed by atoms with E-state index >= 15 is 0 Å². The van der Waals surface area contributed by atoms with E-state index in [0.29, 0.717) is 35.7 Å². The van der Waals surface area contributed by atoms with Crippen molar-refractivity contribution in [3.63, 3.8) is 0 Å². The molecule has 1 aliphatic carbocycles. The Bertz CT molecular complexity index is 1380. The van der Waals surface area contributed by atoms with E-state index in [4.69, 9.17) is 16.3 Å². The molecule has 3 aromatic carbocycles. The molecular formula is C26H21ClF2N4O3. The Hall–Kier alpha value is -3.98. The molecule has 10 heteroatoms. The van der Waals surface area contributed by atoms with Gasteiger partial charge in [0.1, 0.15) is 22.4 Å². The van der Waals surface area contributed by atoms with Crippen molar-refractivity contribution in [2.45, 2.75) is 18.3 Å². The first-order chi connectivity index (χ1) is 17.3. The highest BCUT2D eigenvalue weighted by atomic mass is 35.5. The normalized spacial score (nSPS) is 17.2. The molecular weight excluding hydrogens is 490 g/mol. The molecule has 3 aromatic rings. The molecule has 1 unspecified atom stereocenters. The smallest absolute Gasteiger partial charge is 0.240 e. The first-order valence-electron chi connectivity index (χ1n) is 11.2. The summed E-state index contributed by atoms with van der Waals surface area (Å²) in [5, 5.41) is 5.25. The highest BCUT2D eigenvalue weighted by Gasteiger charge is 2.56. The summed E-state index contributed by atoms with van der Waals surface area (Å²) in [5.74, 6) is -1.84. The standard InChI is InChI=1S/C26H21ClF2N4O3/c1-33-22(27)14-30-19-3-2-4-21(23(19)33)36-20-10-9-17(13-18(20)29)32-25(35)26(11-12-26)24(34)31-16-7-5-15(28)6-8-16/h2-10,13-14,22H,11-12H2,1H3,(H,31,34)(H,32,35). The second kappa shape index (κ2) is 9.23. The van der Waals surface area contributed by atoms with Crippen LogP contribution in [-0.4, -0.2) is 30.6 Å². The number of fused-ring (bicyclic) bond motifs is 1. The van der Waals surface area contributed by atoms with Gasteiger partial charge < -0.3 is 20.3 Å². The number of amides is 2. The molecule has 0 saturated heterocycles. The van der Waals surface area contributed by atoms with Gasteiger partial charge in [-0.15, -0.1) is 0 Å². The third-order valence-corrected chi connectivity index (χ3v) is 6.57. The van der Waals surface area contributed by atoms with Gasteiger partial charge in [-0.05, 0) is 61.4 Å². The molecule has 2 aliphatic rings. The Morgan fingerprint density at radius 1 is 1.00 bits per heavy atom. The molecule has 2 N–H and O–H groups in total. The molecule has 1 saturated carbocycles. The van der Waals surface area contributed by atoms with Crippen LogP contribution >= 0.6 is 11.6 Å².